The van der Waals surface area contributed by atoms with Gasteiger partial charge in [0, 0.05) is 62.0 Å². The second-order valence-electron chi connectivity index (χ2n) is 6.20. The van der Waals surface area contributed by atoms with Crippen LogP contribution < -0.4 is 19.7 Å². The third kappa shape index (κ3) is 3.12. The van der Waals surface area contributed by atoms with Crippen LogP contribution in [0.4, 0.5) is 5.69 Å². The number of methoxy groups -OCH3 is 2. The number of nitrogens with one attached hydrogen (secondary N) is 1. The molecule has 6 nitrogen and oxygen atoms in total. The van der Waals surface area contributed by atoms with Gasteiger partial charge in [0.2, 0.25) is 0 Å². The average Bonchev–Trinajstić information content (AvgIpc) is 3.11. The molecule has 1 aromatic carbocycles. The lowest BCUT2D eigenvalue weighted by atomic mass is 10.1. The van der Waals surface area contributed by atoms with Gasteiger partial charge in [-0.3, -0.25) is 0 Å². The van der Waals surface area contributed by atoms with Crippen molar-refractivity contribution in [3.63, 3.8) is 0 Å². The summed E-state index contributed by atoms with van der Waals surface area (Å²) in [6.45, 7) is 4.07. The van der Waals surface area contributed by atoms with E-state index in [1.807, 2.05) is 22.7 Å². The SMILES string of the molecule is COc1cc(OC)c(-c2cn3ccc(N4CCNCC4)cc3n2)cc1Br. The van der Waals surface area contributed by atoms with Crippen LogP contribution in [0.1, 0.15) is 0 Å². The largest absolute Gasteiger partial charge is 0.496 e. The van der Waals surface area contributed by atoms with Crippen LogP contribution >= 0.6 is 15.9 Å². The van der Waals surface area contributed by atoms with Crippen molar-refractivity contribution in [2.45, 2.75) is 0 Å². The molecule has 3 aromatic rings. The predicted octanol–water partition coefficient (Wildman–Crippen LogP) is 3.19. The molecule has 26 heavy (non-hydrogen) atoms. The molecular weight excluding hydrogens is 396 g/mol. The van der Waals surface area contributed by atoms with Crippen molar-refractivity contribution < 1.29 is 9.47 Å². The molecule has 136 valence electrons. The Morgan fingerprint density at radius 2 is 1.85 bits per heavy atom. The van der Waals surface area contributed by atoms with Gasteiger partial charge in [0.1, 0.15) is 17.1 Å². The van der Waals surface area contributed by atoms with Crippen LogP contribution in [0.15, 0.2) is 41.1 Å². The van der Waals surface area contributed by atoms with Gasteiger partial charge in [-0.2, -0.15) is 0 Å². The van der Waals surface area contributed by atoms with Crippen LogP contribution in [0, 0.1) is 0 Å². The van der Waals surface area contributed by atoms with Gasteiger partial charge in [-0.05, 0) is 28.1 Å². The minimum atomic E-state index is 0.732. The number of imidazole rings is 1. The van der Waals surface area contributed by atoms with Gasteiger partial charge in [-0.15, -0.1) is 0 Å². The zero-order valence-corrected chi connectivity index (χ0v) is 16.4. The van der Waals surface area contributed by atoms with Crippen molar-refractivity contribution in [1.82, 2.24) is 14.7 Å². The highest BCUT2D eigenvalue weighted by Gasteiger charge is 2.16. The molecule has 1 fully saturated rings. The van der Waals surface area contributed by atoms with Crippen LogP contribution in [-0.4, -0.2) is 49.8 Å². The molecule has 0 spiro atoms. The molecule has 0 amide bonds. The summed E-state index contributed by atoms with van der Waals surface area (Å²) in [5.74, 6) is 1.46. The Morgan fingerprint density at radius 3 is 2.58 bits per heavy atom. The van der Waals surface area contributed by atoms with E-state index in [1.165, 1.54) is 5.69 Å². The number of piperazine rings is 1. The summed E-state index contributed by atoms with van der Waals surface area (Å²) in [4.78, 5) is 7.21. The molecule has 2 aromatic heterocycles. The summed E-state index contributed by atoms with van der Waals surface area (Å²) in [7, 11) is 3.30. The second kappa shape index (κ2) is 7.17. The van der Waals surface area contributed by atoms with Crippen LogP contribution in [-0.2, 0) is 0 Å². The number of ether oxygens (including phenoxy) is 2. The van der Waals surface area contributed by atoms with Crippen molar-refractivity contribution in [2.24, 2.45) is 0 Å². The van der Waals surface area contributed by atoms with Gasteiger partial charge in [0.25, 0.3) is 0 Å². The van der Waals surface area contributed by atoms with E-state index in [2.05, 4.69) is 44.5 Å². The van der Waals surface area contributed by atoms with Crippen molar-refractivity contribution in [3.05, 3.63) is 41.1 Å². The third-order valence-corrected chi connectivity index (χ3v) is 5.30. The van der Waals surface area contributed by atoms with E-state index in [1.54, 1.807) is 14.2 Å². The fourth-order valence-electron chi connectivity index (χ4n) is 3.28. The molecule has 0 radical (unpaired) electrons. The van der Waals surface area contributed by atoms with Gasteiger partial charge in [0.05, 0.1) is 24.4 Å². The molecule has 0 bridgehead atoms. The van der Waals surface area contributed by atoms with Gasteiger partial charge in [-0.25, -0.2) is 4.98 Å². The first-order valence-corrected chi connectivity index (χ1v) is 9.35. The molecule has 0 atom stereocenters. The van der Waals surface area contributed by atoms with Gasteiger partial charge in [-0.1, -0.05) is 0 Å². The molecule has 1 aliphatic rings. The topological polar surface area (TPSA) is 51.0 Å². The highest BCUT2D eigenvalue weighted by molar-refractivity contribution is 9.10. The number of hydrogen-bond donors (Lipinski definition) is 1. The lowest BCUT2D eigenvalue weighted by Crippen LogP contribution is -2.43. The Kier molecular flexibility index (Phi) is 4.74. The number of benzene rings is 1. The van der Waals surface area contributed by atoms with E-state index in [-0.39, 0.29) is 0 Å². The minimum absolute atomic E-state index is 0.732. The number of rotatable bonds is 4. The highest BCUT2D eigenvalue weighted by Crippen LogP contribution is 2.38. The van der Waals surface area contributed by atoms with Gasteiger partial charge >= 0.3 is 0 Å². The van der Waals surface area contributed by atoms with Crippen LogP contribution in [0.25, 0.3) is 16.9 Å². The number of fused-ring (bicyclic) bond motifs is 1. The summed E-state index contributed by atoms with van der Waals surface area (Å²) in [5.41, 5.74) is 3.92. The van der Waals surface area contributed by atoms with E-state index in [4.69, 9.17) is 14.5 Å². The Labute approximate surface area is 160 Å². The first kappa shape index (κ1) is 17.2. The Hall–Kier alpha value is -2.25. The Morgan fingerprint density at radius 1 is 1.08 bits per heavy atom. The molecular formula is C19H21BrN4O2. The van der Waals surface area contributed by atoms with Crippen LogP contribution in [0.5, 0.6) is 11.5 Å². The smallest absolute Gasteiger partial charge is 0.139 e. The second-order valence-corrected chi connectivity index (χ2v) is 7.05. The molecule has 1 saturated heterocycles. The monoisotopic (exact) mass is 416 g/mol. The van der Waals surface area contributed by atoms with E-state index < -0.39 is 0 Å². The number of hydrogen-bond acceptors (Lipinski definition) is 5. The van der Waals surface area contributed by atoms with Crippen LogP contribution in [0.2, 0.25) is 0 Å². The highest BCUT2D eigenvalue weighted by atomic mass is 79.9. The molecule has 1 N–H and O–H groups in total. The van der Waals surface area contributed by atoms with Gasteiger partial charge in [0.15, 0.2) is 0 Å². The standard InChI is InChI=1S/C19H21BrN4O2/c1-25-17-11-18(26-2)15(20)10-14(17)16-12-24-6-3-13(9-19(24)22-16)23-7-4-21-5-8-23/h3,6,9-12,21H,4-5,7-8H2,1-2H3. The van der Waals surface area contributed by atoms with E-state index >= 15 is 0 Å². The summed E-state index contributed by atoms with van der Waals surface area (Å²) in [6, 6.07) is 8.14. The maximum atomic E-state index is 5.55. The number of nitrogens with zero attached hydrogens (tertiary/aromatic N) is 3. The maximum absolute atomic E-state index is 5.55. The Bertz CT molecular complexity index is 935. The minimum Gasteiger partial charge on any atom is -0.496 e. The number of anilines is 1. The normalized spacial score (nSPS) is 14.7. The Balaban J connectivity index is 1.74. The van der Waals surface area contributed by atoms with E-state index in [0.717, 1.165) is 59.1 Å². The van der Waals surface area contributed by atoms with E-state index in [9.17, 15) is 0 Å². The van der Waals surface area contributed by atoms with Crippen molar-refractivity contribution in [3.8, 4) is 22.8 Å². The van der Waals surface area contributed by atoms with Crippen molar-refractivity contribution in [1.29, 1.82) is 0 Å². The lowest BCUT2D eigenvalue weighted by Gasteiger charge is -2.29. The summed E-state index contributed by atoms with van der Waals surface area (Å²) in [6.07, 6.45) is 4.09. The van der Waals surface area contributed by atoms with Crippen molar-refractivity contribution in [2.75, 3.05) is 45.3 Å². The van der Waals surface area contributed by atoms with Gasteiger partial charge < -0.3 is 24.1 Å². The number of aromatic nitrogens is 2. The summed E-state index contributed by atoms with van der Waals surface area (Å²) in [5, 5.41) is 3.38. The van der Waals surface area contributed by atoms with E-state index in [0.29, 0.717) is 0 Å². The van der Waals surface area contributed by atoms with Crippen molar-refractivity contribution >= 4 is 27.3 Å². The number of halogens is 1. The molecule has 0 unspecified atom stereocenters. The first-order chi connectivity index (χ1) is 12.7. The fraction of sp³-hybridized carbons (Fsp3) is 0.316. The molecule has 3 heterocycles. The van der Waals surface area contributed by atoms with Crippen LogP contribution in [0.3, 0.4) is 0 Å². The summed E-state index contributed by atoms with van der Waals surface area (Å²) < 4.78 is 13.8. The molecule has 1 aliphatic heterocycles. The quantitative estimate of drug-likeness (QED) is 0.707. The molecule has 7 heteroatoms. The lowest BCUT2D eigenvalue weighted by molar-refractivity contribution is 0.393. The molecule has 4 rings (SSSR count). The molecule has 0 aliphatic carbocycles. The zero-order chi connectivity index (χ0) is 18.1. The third-order valence-electron chi connectivity index (χ3n) is 4.68. The summed E-state index contributed by atoms with van der Waals surface area (Å²) >= 11 is 3.55. The number of pyridine rings is 1. The predicted molar refractivity (Wildman–Crippen MR) is 107 cm³/mol. The first-order valence-electron chi connectivity index (χ1n) is 8.56. The fourth-order valence-corrected chi connectivity index (χ4v) is 3.79. The average molecular weight is 417 g/mol. The maximum Gasteiger partial charge on any atom is 0.139 e. The molecule has 0 saturated carbocycles. The zero-order valence-electron chi connectivity index (χ0n) is 14.8.